The molecule has 8 heteroatoms. The maximum atomic E-state index is 11.8. The predicted molar refractivity (Wildman–Crippen MR) is 122 cm³/mol. The Morgan fingerprint density at radius 2 is 1.85 bits per heavy atom. The van der Waals surface area contributed by atoms with Crippen molar-refractivity contribution in [2.24, 2.45) is 5.41 Å². The molecule has 2 aromatic rings. The highest BCUT2D eigenvalue weighted by atomic mass is 16.5. The van der Waals surface area contributed by atoms with E-state index in [2.05, 4.69) is 25.8 Å². The summed E-state index contributed by atoms with van der Waals surface area (Å²) in [7, 11) is 0. The molecule has 0 bridgehead atoms. The second-order valence-electron chi connectivity index (χ2n) is 9.53. The van der Waals surface area contributed by atoms with Crippen LogP contribution in [0.4, 0.5) is 5.82 Å². The zero-order valence-corrected chi connectivity index (χ0v) is 19.0. The fourth-order valence-electron chi connectivity index (χ4n) is 5.62. The van der Waals surface area contributed by atoms with Crippen LogP contribution in [-0.2, 0) is 11.3 Å². The first-order valence-electron chi connectivity index (χ1n) is 11.7. The van der Waals surface area contributed by atoms with Gasteiger partial charge in [-0.25, -0.2) is 14.8 Å². The van der Waals surface area contributed by atoms with Gasteiger partial charge in [0, 0.05) is 37.6 Å². The van der Waals surface area contributed by atoms with E-state index in [0.29, 0.717) is 35.6 Å². The molecule has 1 N–H and O–H groups in total. The Balaban J connectivity index is 1.17. The third-order valence-electron chi connectivity index (χ3n) is 7.82. The molecular formula is C25H29N5O3. The van der Waals surface area contributed by atoms with Crippen molar-refractivity contribution in [2.75, 3.05) is 37.6 Å². The number of fused-ring (bicyclic) bond motifs is 1. The zero-order chi connectivity index (χ0) is 23.0. The van der Waals surface area contributed by atoms with Crippen LogP contribution in [0.25, 0.3) is 0 Å². The Morgan fingerprint density at radius 3 is 2.58 bits per heavy atom. The SMILES string of the molecule is Cc1c([C@@H](O)CN2CCC3(CC2)CCN(c2nccnc2C#N)CC3)ccc2c1COC2=O. The first kappa shape index (κ1) is 21.8. The van der Waals surface area contributed by atoms with Crippen LogP contribution >= 0.6 is 0 Å². The minimum atomic E-state index is -0.581. The number of nitrogens with zero attached hydrogens (tertiary/aromatic N) is 5. The van der Waals surface area contributed by atoms with E-state index >= 15 is 0 Å². The molecule has 5 rings (SSSR count). The van der Waals surface area contributed by atoms with Crippen LogP contribution in [0.2, 0.25) is 0 Å². The lowest BCUT2D eigenvalue weighted by Gasteiger charge is -2.47. The van der Waals surface area contributed by atoms with Crippen LogP contribution < -0.4 is 4.90 Å². The Labute approximate surface area is 193 Å². The highest BCUT2D eigenvalue weighted by Crippen LogP contribution is 2.42. The zero-order valence-electron chi connectivity index (χ0n) is 19.0. The van der Waals surface area contributed by atoms with E-state index in [1.54, 1.807) is 18.5 Å². The van der Waals surface area contributed by atoms with E-state index in [-0.39, 0.29) is 5.97 Å². The number of aliphatic hydroxyl groups is 1. The average Bonchev–Trinajstić information content (AvgIpc) is 3.23. The van der Waals surface area contributed by atoms with Crippen molar-refractivity contribution in [3.8, 4) is 6.07 Å². The molecule has 1 atom stereocenters. The summed E-state index contributed by atoms with van der Waals surface area (Å²) in [4.78, 5) is 24.9. The van der Waals surface area contributed by atoms with Crippen molar-refractivity contribution in [3.63, 3.8) is 0 Å². The van der Waals surface area contributed by atoms with Crippen LogP contribution in [0.5, 0.6) is 0 Å². The highest BCUT2D eigenvalue weighted by Gasteiger charge is 2.38. The normalized spacial score (nSPS) is 20.9. The molecule has 0 radical (unpaired) electrons. The molecule has 2 fully saturated rings. The molecule has 0 amide bonds. The van der Waals surface area contributed by atoms with Crippen LogP contribution in [0, 0.1) is 23.7 Å². The molecule has 1 aromatic carbocycles. The molecule has 8 nitrogen and oxygen atoms in total. The number of benzene rings is 1. The third kappa shape index (κ3) is 4.07. The maximum absolute atomic E-state index is 11.8. The van der Waals surface area contributed by atoms with Crippen molar-refractivity contribution in [3.05, 3.63) is 52.5 Å². The number of cyclic esters (lactones) is 1. The number of esters is 1. The number of hydrogen-bond acceptors (Lipinski definition) is 8. The number of anilines is 1. The summed E-state index contributed by atoms with van der Waals surface area (Å²) in [6.07, 6.45) is 7.04. The maximum Gasteiger partial charge on any atom is 0.338 e. The molecule has 0 saturated carbocycles. The Hall–Kier alpha value is -3.02. The highest BCUT2D eigenvalue weighted by molar-refractivity contribution is 5.93. The number of likely N-dealkylation sites (tertiary alicyclic amines) is 1. The lowest BCUT2D eigenvalue weighted by atomic mass is 9.71. The standard InChI is InChI=1S/C25H29N5O3/c1-17-18(2-3-19-20(17)16-33-24(19)32)22(31)15-29-10-4-25(5-11-29)6-12-30(13-7-25)23-21(14-26)27-8-9-28-23/h2-3,8-9,22,31H,4-7,10-13,15-16H2,1H3/t22-/m0/s1. The Kier molecular flexibility index (Phi) is 5.77. The van der Waals surface area contributed by atoms with Crippen molar-refractivity contribution < 1.29 is 14.6 Å². The van der Waals surface area contributed by atoms with Gasteiger partial charge < -0.3 is 19.6 Å². The molecule has 3 aliphatic heterocycles. The van der Waals surface area contributed by atoms with E-state index in [1.165, 1.54) is 0 Å². The molecule has 4 heterocycles. The summed E-state index contributed by atoms with van der Waals surface area (Å²) in [5, 5.41) is 20.3. The Morgan fingerprint density at radius 1 is 1.15 bits per heavy atom. The van der Waals surface area contributed by atoms with E-state index in [0.717, 1.165) is 68.6 Å². The number of β-amino-alcohol motifs (C(OH)–C–C–N with tert-alkyl or cyclic N) is 1. The van der Waals surface area contributed by atoms with Crippen LogP contribution in [-0.4, -0.2) is 58.7 Å². The van der Waals surface area contributed by atoms with E-state index < -0.39 is 6.10 Å². The number of carbonyl (C=O) groups excluding carboxylic acids is 1. The number of carbonyl (C=O) groups is 1. The van der Waals surface area contributed by atoms with Gasteiger partial charge in [-0.05, 0) is 68.3 Å². The molecule has 3 aliphatic rings. The minimum absolute atomic E-state index is 0.273. The van der Waals surface area contributed by atoms with Gasteiger partial charge in [0.1, 0.15) is 12.7 Å². The van der Waals surface area contributed by atoms with Gasteiger partial charge in [-0.3, -0.25) is 0 Å². The second kappa shape index (κ2) is 8.73. The number of aliphatic hydroxyl groups excluding tert-OH is 1. The van der Waals surface area contributed by atoms with Crippen molar-refractivity contribution >= 4 is 11.8 Å². The molecule has 33 heavy (non-hydrogen) atoms. The van der Waals surface area contributed by atoms with E-state index in [9.17, 15) is 15.2 Å². The van der Waals surface area contributed by atoms with Gasteiger partial charge in [-0.2, -0.15) is 5.26 Å². The molecule has 1 aromatic heterocycles. The van der Waals surface area contributed by atoms with Gasteiger partial charge in [0.15, 0.2) is 11.5 Å². The summed E-state index contributed by atoms with van der Waals surface area (Å²) in [5.41, 5.74) is 4.11. The number of nitriles is 1. The summed E-state index contributed by atoms with van der Waals surface area (Å²) in [6.45, 7) is 6.59. The topological polar surface area (TPSA) is 103 Å². The lowest BCUT2D eigenvalue weighted by molar-refractivity contribution is 0.0447. The monoisotopic (exact) mass is 447 g/mol. The fraction of sp³-hybridized carbons (Fsp3) is 0.520. The van der Waals surface area contributed by atoms with Gasteiger partial charge in [0.25, 0.3) is 0 Å². The number of aromatic nitrogens is 2. The van der Waals surface area contributed by atoms with Crippen molar-refractivity contribution in [1.82, 2.24) is 14.9 Å². The number of hydrogen-bond donors (Lipinski definition) is 1. The molecule has 0 aliphatic carbocycles. The van der Waals surface area contributed by atoms with Crippen LogP contribution in [0.1, 0.15) is 64.5 Å². The minimum Gasteiger partial charge on any atom is -0.457 e. The average molecular weight is 448 g/mol. The molecule has 172 valence electrons. The molecular weight excluding hydrogens is 418 g/mol. The van der Waals surface area contributed by atoms with Crippen molar-refractivity contribution in [1.29, 1.82) is 5.26 Å². The Bertz CT molecular complexity index is 1090. The van der Waals surface area contributed by atoms with E-state index in [4.69, 9.17) is 4.74 Å². The summed E-state index contributed by atoms with van der Waals surface area (Å²) in [5.74, 6) is 0.428. The summed E-state index contributed by atoms with van der Waals surface area (Å²) in [6, 6.07) is 5.80. The van der Waals surface area contributed by atoms with Gasteiger partial charge >= 0.3 is 5.97 Å². The number of ether oxygens (including phenoxy) is 1. The van der Waals surface area contributed by atoms with E-state index in [1.807, 2.05) is 13.0 Å². The number of piperidine rings is 2. The van der Waals surface area contributed by atoms with Crippen molar-refractivity contribution in [2.45, 2.75) is 45.3 Å². The lowest BCUT2D eigenvalue weighted by Crippen LogP contribution is -2.47. The molecule has 0 unspecified atom stereocenters. The summed E-state index contributed by atoms with van der Waals surface area (Å²) >= 11 is 0. The largest absolute Gasteiger partial charge is 0.457 e. The third-order valence-corrected chi connectivity index (χ3v) is 7.82. The first-order valence-corrected chi connectivity index (χ1v) is 11.7. The fourth-order valence-corrected chi connectivity index (χ4v) is 5.62. The van der Waals surface area contributed by atoms with Gasteiger partial charge in [-0.1, -0.05) is 6.07 Å². The van der Waals surface area contributed by atoms with Gasteiger partial charge in [0.05, 0.1) is 11.7 Å². The smallest absolute Gasteiger partial charge is 0.338 e. The van der Waals surface area contributed by atoms with Crippen LogP contribution in [0.3, 0.4) is 0 Å². The second-order valence-corrected chi connectivity index (χ2v) is 9.53. The summed E-state index contributed by atoms with van der Waals surface area (Å²) < 4.78 is 5.14. The predicted octanol–water partition coefficient (Wildman–Crippen LogP) is 2.74. The number of rotatable bonds is 4. The quantitative estimate of drug-likeness (QED) is 0.714. The van der Waals surface area contributed by atoms with Crippen LogP contribution in [0.15, 0.2) is 24.5 Å². The van der Waals surface area contributed by atoms with Gasteiger partial charge in [0.2, 0.25) is 0 Å². The molecule has 1 spiro atoms. The first-order chi connectivity index (χ1) is 16.0. The molecule has 2 saturated heterocycles. The van der Waals surface area contributed by atoms with Gasteiger partial charge in [-0.15, -0.1) is 0 Å².